The molecule has 1 aliphatic rings. The summed E-state index contributed by atoms with van der Waals surface area (Å²) in [7, 11) is 1.24. The highest BCUT2D eigenvalue weighted by Gasteiger charge is 2.64. The van der Waals surface area contributed by atoms with Gasteiger partial charge in [0.25, 0.3) is 0 Å². The highest BCUT2D eigenvalue weighted by molar-refractivity contribution is 6.74. The third-order valence-electron chi connectivity index (χ3n) is 2.27. The molecule has 0 spiro atoms. The van der Waals surface area contributed by atoms with Crippen molar-refractivity contribution in [2.75, 3.05) is 14.2 Å². The molecule has 1 fully saturated rings. The van der Waals surface area contributed by atoms with E-state index < -0.39 is 12.9 Å². The monoisotopic (exact) mass is 214 g/mol. The molecule has 0 aromatic heterocycles. The molecule has 0 N–H and O–H groups in total. The first kappa shape index (κ1) is 9.80. The van der Waals surface area contributed by atoms with Crippen LogP contribution in [0, 0.1) is 0 Å². The standard InChI is InChI=1S/C6H12Cl2O2Si/c1-9-11(3,10-2)5-4-6(5,7)8/h5H,4H2,1-3H3. The normalized spacial score (nSPS) is 28.6. The van der Waals surface area contributed by atoms with E-state index in [-0.39, 0.29) is 5.54 Å². The molecule has 0 aliphatic heterocycles. The van der Waals surface area contributed by atoms with Crippen LogP contribution in [0.1, 0.15) is 6.42 Å². The van der Waals surface area contributed by atoms with Gasteiger partial charge in [0.05, 0.1) is 0 Å². The Balaban J connectivity index is 2.59. The Morgan fingerprint density at radius 2 is 1.73 bits per heavy atom. The molecular weight excluding hydrogens is 203 g/mol. The van der Waals surface area contributed by atoms with E-state index in [0.29, 0.717) is 0 Å². The molecule has 5 heteroatoms. The highest BCUT2D eigenvalue weighted by atomic mass is 35.5. The second-order valence-corrected chi connectivity index (χ2v) is 8.03. The fourth-order valence-corrected chi connectivity index (χ4v) is 5.10. The lowest BCUT2D eigenvalue weighted by Gasteiger charge is -2.22. The maximum absolute atomic E-state index is 5.89. The fraction of sp³-hybridized carbons (Fsp3) is 1.00. The maximum Gasteiger partial charge on any atom is 0.340 e. The molecule has 1 atom stereocenters. The smallest absolute Gasteiger partial charge is 0.340 e. The molecular formula is C6H12Cl2O2Si. The van der Waals surface area contributed by atoms with E-state index in [1.54, 1.807) is 14.2 Å². The van der Waals surface area contributed by atoms with Gasteiger partial charge >= 0.3 is 8.56 Å². The molecule has 0 bridgehead atoms. The van der Waals surface area contributed by atoms with Crippen molar-refractivity contribution >= 4 is 31.8 Å². The molecule has 11 heavy (non-hydrogen) atoms. The zero-order valence-electron chi connectivity index (χ0n) is 6.86. The van der Waals surface area contributed by atoms with Gasteiger partial charge in [0, 0.05) is 19.8 Å². The van der Waals surface area contributed by atoms with Gasteiger partial charge in [0.2, 0.25) is 0 Å². The topological polar surface area (TPSA) is 18.5 Å². The maximum atomic E-state index is 5.89. The highest BCUT2D eigenvalue weighted by Crippen LogP contribution is 2.62. The fourth-order valence-electron chi connectivity index (χ4n) is 1.15. The lowest BCUT2D eigenvalue weighted by molar-refractivity contribution is 0.247. The summed E-state index contributed by atoms with van der Waals surface area (Å²) < 4.78 is 10.00. The Labute approximate surface area is 78.0 Å². The number of hydrogen-bond donors (Lipinski definition) is 0. The van der Waals surface area contributed by atoms with E-state index >= 15 is 0 Å². The van der Waals surface area contributed by atoms with Gasteiger partial charge in [0.1, 0.15) is 4.33 Å². The molecule has 0 saturated heterocycles. The lowest BCUT2D eigenvalue weighted by Crippen LogP contribution is -2.38. The van der Waals surface area contributed by atoms with Crippen LogP contribution in [0.4, 0.5) is 0 Å². The van der Waals surface area contributed by atoms with Crippen molar-refractivity contribution < 1.29 is 8.85 Å². The summed E-state index contributed by atoms with van der Waals surface area (Å²) in [5.74, 6) is 0. The second-order valence-electron chi connectivity index (χ2n) is 2.94. The van der Waals surface area contributed by atoms with Crippen LogP contribution >= 0.6 is 23.2 Å². The van der Waals surface area contributed by atoms with Crippen molar-refractivity contribution in [1.29, 1.82) is 0 Å². The lowest BCUT2D eigenvalue weighted by atomic mass is 10.9. The van der Waals surface area contributed by atoms with Crippen LogP contribution in [0.15, 0.2) is 0 Å². The Bertz CT molecular complexity index is 159. The van der Waals surface area contributed by atoms with Gasteiger partial charge in [0.15, 0.2) is 0 Å². The van der Waals surface area contributed by atoms with Gasteiger partial charge in [-0.2, -0.15) is 0 Å². The number of hydrogen-bond acceptors (Lipinski definition) is 2. The number of rotatable bonds is 3. The van der Waals surface area contributed by atoms with E-state index in [1.165, 1.54) is 0 Å². The van der Waals surface area contributed by atoms with Crippen LogP contribution in [-0.4, -0.2) is 27.1 Å². The molecule has 0 heterocycles. The summed E-state index contributed by atoms with van der Waals surface area (Å²) in [6.45, 7) is 1.98. The summed E-state index contributed by atoms with van der Waals surface area (Å²) in [5.41, 5.74) is 0.216. The van der Waals surface area contributed by atoms with Crippen LogP contribution in [0.5, 0.6) is 0 Å². The van der Waals surface area contributed by atoms with Gasteiger partial charge in [-0.25, -0.2) is 0 Å². The van der Waals surface area contributed by atoms with Gasteiger partial charge in [-0.05, 0) is 13.0 Å². The molecule has 1 unspecified atom stereocenters. The average Bonchev–Trinajstić information content (AvgIpc) is 2.59. The molecule has 1 rings (SSSR count). The zero-order chi connectivity index (χ0) is 8.70. The first-order chi connectivity index (χ1) is 4.96. The van der Waals surface area contributed by atoms with Crippen molar-refractivity contribution in [3.63, 3.8) is 0 Å². The third-order valence-corrected chi connectivity index (χ3v) is 7.06. The number of alkyl halides is 2. The molecule has 0 radical (unpaired) electrons. The van der Waals surface area contributed by atoms with E-state index in [9.17, 15) is 0 Å². The molecule has 2 nitrogen and oxygen atoms in total. The van der Waals surface area contributed by atoms with Crippen LogP contribution in [0.25, 0.3) is 0 Å². The summed E-state index contributed by atoms with van der Waals surface area (Å²) >= 11 is 11.8. The van der Waals surface area contributed by atoms with E-state index in [4.69, 9.17) is 32.1 Å². The van der Waals surface area contributed by atoms with Crippen molar-refractivity contribution in [2.24, 2.45) is 0 Å². The average molecular weight is 215 g/mol. The van der Waals surface area contributed by atoms with Crippen molar-refractivity contribution in [1.82, 2.24) is 0 Å². The largest absolute Gasteiger partial charge is 0.398 e. The van der Waals surface area contributed by atoms with E-state index in [2.05, 4.69) is 0 Å². The van der Waals surface area contributed by atoms with Crippen LogP contribution < -0.4 is 0 Å². The SMILES string of the molecule is CO[Si](C)(OC)C1CC1(Cl)Cl. The van der Waals surface area contributed by atoms with Gasteiger partial charge in [-0.1, -0.05) is 0 Å². The molecule has 1 aliphatic carbocycles. The van der Waals surface area contributed by atoms with Gasteiger partial charge in [-0.15, -0.1) is 23.2 Å². The van der Waals surface area contributed by atoms with Crippen LogP contribution in [-0.2, 0) is 8.85 Å². The summed E-state index contributed by atoms with van der Waals surface area (Å²) in [6, 6.07) is 0. The van der Waals surface area contributed by atoms with Crippen LogP contribution in [0.2, 0.25) is 12.1 Å². The minimum atomic E-state index is -2.06. The molecule has 0 amide bonds. The first-order valence-corrected chi connectivity index (χ1v) is 6.59. The first-order valence-electron chi connectivity index (χ1n) is 3.44. The van der Waals surface area contributed by atoms with Gasteiger partial charge < -0.3 is 8.85 Å². The zero-order valence-corrected chi connectivity index (χ0v) is 9.37. The molecule has 0 aromatic carbocycles. The predicted molar refractivity (Wildman–Crippen MR) is 48.4 cm³/mol. The van der Waals surface area contributed by atoms with Crippen molar-refractivity contribution in [3.8, 4) is 0 Å². The van der Waals surface area contributed by atoms with E-state index in [1.807, 2.05) is 6.55 Å². The van der Waals surface area contributed by atoms with Crippen molar-refractivity contribution in [3.05, 3.63) is 0 Å². The Kier molecular flexibility index (Phi) is 2.57. The Hall–Kier alpha value is 0.717. The summed E-state index contributed by atoms with van der Waals surface area (Å²) in [5, 5.41) is 0. The summed E-state index contributed by atoms with van der Waals surface area (Å²) in [4.78, 5) is 0. The Morgan fingerprint density at radius 3 is 1.82 bits per heavy atom. The minimum absolute atomic E-state index is 0.216. The predicted octanol–water partition coefficient (Wildman–Crippen LogP) is 2.30. The minimum Gasteiger partial charge on any atom is -0.398 e. The van der Waals surface area contributed by atoms with Crippen LogP contribution in [0.3, 0.4) is 0 Å². The van der Waals surface area contributed by atoms with E-state index in [0.717, 1.165) is 6.42 Å². The third kappa shape index (κ3) is 1.73. The molecule has 66 valence electrons. The summed E-state index contributed by atoms with van der Waals surface area (Å²) in [6.07, 6.45) is 0.792. The Morgan fingerprint density at radius 1 is 1.36 bits per heavy atom. The molecule has 0 aromatic rings. The quantitative estimate of drug-likeness (QED) is 0.531. The van der Waals surface area contributed by atoms with Crippen molar-refractivity contribution in [2.45, 2.75) is 22.8 Å². The number of halogens is 2. The molecule has 1 saturated carbocycles. The van der Waals surface area contributed by atoms with Gasteiger partial charge in [-0.3, -0.25) is 0 Å². The second kappa shape index (κ2) is 2.89.